The molecule has 0 aliphatic carbocycles. The molecule has 1 amide bonds. The SMILES string of the molecule is CC(=O)N1CCn2c(C3CCOCC3)nc(-c3c(F)ccc4cc(-c5cnc(C)s5)ncc34)c2C1. The van der Waals surface area contributed by atoms with E-state index in [1.807, 2.05) is 19.2 Å². The Bertz CT molecular complexity index is 1440. The van der Waals surface area contributed by atoms with Crippen LogP contribution in [0.2, 0.25) is 0 Å². The summed E-state index contributed by atoms with van der Waals surface area (Å²) >= 11 is 1.58. The van der Waals surface area contributed by atoms with Crippen molar-refractivity contribution in [3.8, 4) is 21.8 Å². The van der Waals surface area contributed by atoms with Gasteiger partial charge in [0.15, 0.2) is 0 Å². The molecule has 6 rings (SSSR count). The number of halogens is 1. The molecule has 9 heteroatoms. The molecular formula is C26H26FN5O2S. The van der Waals surface area contributed by atoms with Crippen molar-refractivity contribution in [3.63, 3.8) is 0 Å². The number of rotatable bonds is 3. The molecule has 180 valence electrons. The molecule has 3 aromatic heterocycles. The Kier molecular flexibility index (Phi) is 5.61. The highest BCUT2D eigenvalue weighted by molar-refractivity contribution is 7.15. The summed E-state index contributed by atoms with van der Waals surface area (Å²) in [6.45, 7) is 6.66. The van der Waals surface area contributed by atoms with E-state index in [0.29, 0.717) is 44.1 Å². The molecule has 0 bridgehead atoms. The molecule has 1 saturated heterocycles. The van der Waals surface area contributed by atoms with Crippen molar-refractivity contribution in [1.82, 2.24) is 24.4 Å². The number of benzene rings is 1. The van der Waals surface area contributed by atoms with Crippen LogP contribution in [0.15, 0.2) is 30.6 Å². The predicted molar refractivity (Wildman–Crippen MR) is 133 cm³/mol. The van der Waals surface area contributed by atoms with E-state index in [1.165, 1.54) is 6.07 Å². The second-order valence-corrected chi connectivity index (χ2v) is 10.4. The number of pyridine rings is 1. The molecule has 5 heterocycles. The second kappa shape index (κ2) is 8.80. The van der Waals surface area contributed by atoms with Crippen LogP contribution >= 0.6 is 11.3 Å². The Labute approximate surface area is 206 Å². The molecule has 2 aliphatic heterocycles. The molecule has 35 heavy (non-hydrogen) atoms. The van der Waals surface area contributed by atoms with Crippen LogP contribution in [0, 0.1) is 12.7 Å². The lowest BCUT2D eigenvalue weighted by atomic mass is 9.99. The summed E-state index contributed by atoms with van der Waals surface area (Å²) in [5, 5.41) is 2.59. The molecule has 1 fully saturated rings. The average molecular weight is 492 g/mol. The maximum absolute atomic E-state index is 15.5. The Hall–Kier alpha value is -3.17. The van der Waals surface area contributed by atoms with Crippen LogP contribution in [0.25, 0.3) is 32.6 Å². The zero-order valence-corrected chi connectivity index (χ0v) is 20.6. The number of amides is 1. The lowest BCUT2D eigenvalue weighted by molar-refractivity contribution is -0.130. The Morgan fingerprint density at radius 1 is 1.17 bits per heavy atom. The minimum Gasteiger partial charge on any atom is -0.381 e. The molecule has 1 aromatic carbocycles. The quantitative estimate of drug-likeness (QED) is 0.407. The summed E-state index contributed by atoms with van der Waals surface area (Å²) in [5.41, 5.74) is 2.78. The summed E-state index contributed by atoms with van der Waals surface area (Å²) in [6.07, 6.45) is 5.34. The minimum absolute atomic E-state index is 0.0144. The van der Waals surface area contributed by atoms with Gasteiger partial charge in [0.1, 0.15) is 11.6 Å². The van der Waals surface area contributed by atoms with E-state index in [-0.39, 0.29) is 17.6 Å². The smallest absolute Gasteiger partial charge is 0.219 e. The molecule has 2 aliphatic rings. The van der Waals surface area contributed by atoms with Gasteiger partial charge in [0.05, 0.1) is 33.5 Å². The van der Waals surface area contributed by atoms with E-state index < -0.39 is 0 Å². The maximum atomic E-state index is 15.5. The Balaban J connectivity index is 1.52. The Morgan fingerprint density at radius 3 is 2.74 bits per heavy atom. The number of imidazole rings is 1. The fourth-order valence-corrected chi connectivity index (χ4v) is 5.93. The van der Waals surface area contributed by atoms with E-state index in [1.54, 1.807) is 35.4 Å². The molecule has 0 unspecified atom stereocenters. The molecular weight excluding hydrogens is 465 g/mol. The fraction of sp³-hybridized carbons (Fsp3) is 0.385. The van der Waals surface area contributed by atoms with E-state index >= 15 is 4.39 Å². The van der Waals surface area contributed by atoms with Gasteiger partial charge in [-0.3, -0.25) is 9.78 Å². The van der Waals surface area contributed by atoms with Crippen LogP contribution in [0.5, 0.6) is 0 Å². The number of hydrogen-bond donors (Lipinski definition) is 0. The van der Waals surface area contributed by atoms with Crippen LogP contribution < -0.4 is 0 Å². The third kappa shape index (κ3) is 3.92. The third-order valence-corrected chi connectivity index (χ3v) is 7.97. The van der Waals surface area contributed by atoms with Gasteiger partial charge in [-0.05, 0) is 37.3 Å². The summed E-state index contributed by atoms with van der Waals surface area (Å²) in [4.78, 5) is 29.1. The summed E-state index contributed by atoms with van der Waals surface area (Å²) in [6, 6.07) is 5.27. The van der Waals surface area contributed by atoms with Gasteiger partial charge in [-0.25, -0.2) is 14.4 Å². The highest BCUT2D eigenvalue weighted by Gasteiger charge is 2.31. The summed E-state index contributed by atoms with van der Waals surface area (Å²) < 4.78 is 23.3. The number of fused-ring (bicyclic) bond motifs is 2. The molecule has 0 N–H and O–H groups in total. The number of carbonyl (C=O) groups is 1. The molecule has 4 aromatic rings. The summed E-state index contributed by atoms with van der Waals surface area (Å²) in [7, 11) is 0. The van der Waals surface area contributed by atoms with Gasteiger partial charge in [-0.1, -0.05) is 6.07 Å². The molecule has 0 saturated carbocycles. The number of ether oxygens (including phenoxy) is 1. The van der Waals surface area contributed by atoms with Gasteiger partial charge in [0.25, 0.3) is 0 Å². The van der Waals surface area contributed by atoms with Crippen LogP contribution in [-0.2, 0) is 22.6 Å². The number of carbonyl (C=O) groups excluding carboxylic acids is 1. The van der Waals surface area contributed by atoms with Crippen molar-refractivity contribution in [1.29, 1.82) is 0 Å². The van der Waals surface area contributed by atoms with E-state index in [9.17, 15) is 4.79 Å². The van der Waals surface area contributed by atoms with Gasteiger partial charge in [-0.2, -0.15) is 0 Å². The normalized spacial score (nSPS) is 16.6. The first kappa shape index (κ1) is 22.3. The zero-order valence-electron chi connectivity index (χ0n) is 19.8. The van der Waals surface area contributed by atoms with E-state index in [0.717, 1.165) is 50.7 Å². The maximum Gasteiger partial charge on any atom is 0.219 e. The van der Waals surface area contributed by atoms with Crippen LogP contribution in [0.4, 0.5) is 4.39 Å². The van der Waals surface area contributed by atoms with Crippen molar-refractivity contribution >= 4 is 28.0 Å². The van der Waals surface area contributed by atoms with Gasteiger partial charge in [0.2, 0.25) is 5.91 Å². The second-order valence-electron chi connectivity index (χ2n) is 9.20. The largest absolute Gasteiger partial charge is 0.381 e. The van der Waals surface area contributed by atoms with E-state index in [2.05, 4.69) is 14.5 Å². The van der Waals surface area contributed by atoms with Crippen LogP contribution in [0.1, 0.15) is 42.2 Å². The van der Waals surface area contributed by atoms with Crippen molar-refractivity contribution in [2.45, 2.75) is 45.7 Å². The fourth-order valence-electron chi connectivity index (χ4n) is 5.18. The van der Waals surface area contributed by atoms with Gasteiger partial charge in [0, 0.05) is 62.5 Å². The lowest BCUT2D eigenvalue weighted by Gasteiger charge is -2.30. The number of hydrogen-bond acceptors (Lipinski definition) is 6. The molecule has 0 atom stereocenters. The van der Waals surface area contributed by atoms with Gasteiger partial charge >= 0.3 is 0 Å². The van der Waals surface area contributed by atoms with Gasteiger partial charge in [-0.15, -0.1) is 11.3 Å². The first-order valence-electron chi connectivity index (χ1n) is 11.9. The minimum atomic E-state index is -0.333. The van der Waals surface area contributed by atoms with Crippen molar-refractivity contribution < 1.29 is 13.9 Å². The van der Waals surface area contributed by atoms with Crippen molar-refractivity contribution in [2.24, 2.45) is 0 Å². The number of nitrogens with zero attached hydrogens (tertiary/aromatic N) is 5. The summed E-state index contributed by atoms with van der Waals surface area (Å²) in [5.74, 6) is 0.917. The topological polar surface area (TPSA) is 73.1 Å². The number of aryl methyl sites for hydroxylation is 1. The van der Waals surface area contributed by atoms with Crippen molar-refractivity contribution in [2.75, 3.05) is 19.8 Å². The third-order valence-electron chi connectivity index (χ3n) is 7.03. The molecule has 7 nitrogen and oxygen atoms in total. The predicted octanol–water partition coefficient (Wildman–Crippen LogP) is 4.93. The van der Waals surface area contributed by atoms with Crippen molar-refractivity contribution in [3.05, 3.63) is 52.9 Å². The number of aromatic nitrogens is 4. The highest BCUT2D eigenvalue weighted by atomic mass is 32.1. The average Bonchev–Trinajstić information content (AvgIpc) is 3.48. The molecule has 0 spiro atoms. The van der Waals surface area contributed by atoms with Crippen LogP contribution in [0.3, 0.4) is 0 Å². The lowest BCUT2D eigenvalue weighted by Crippen LogP contribution is -2.37. The Morgan fingerprint density at radius 2 is 2.00 bits per heavy atom. The highest BCUT2D eigenvalue weighted by Crippen LogP contribution is 2.39. The zero-order chi connectivity index (χ0) is 24.1. The molecule has 0 radical (unpaired) electrons. The van der Waals surface area contributed by atoms with E-state index in [4.69, 9.17) is 9.72 Å². The number of thiazole rings is 1. The standard InChI is InChI=1S/C26H26FN5O2S/c1-15-28-13-23(35-15)21-11-18-3-4-20(27)24(19(18)12-29-21)25-22-14-31(16(2)33)7-8-32(22)26(30-25)17-5-9-34-10-6-17/h3-4,11-13,17H,5-10,14H2,1-2H3. The van der Waals surface area contributed by atoms with Gasteiger partial charge < -0.3 is 14.2 Å². The first-order valence-corrected chi connectivity index (χ1v) is 12.7. The van der Waals surface area contributed by atoms with Crippen LogP contribution in [-0.4, -0.2) is 50.1 Å². The monoisotopic (exact) mass is 491 g/mol. The first-order chi connectivity index (χ1) is 17.0.